The van der Waals surface area contributed by atoms with E-state index in [1.165, 1.54) is 167 Å². The standard InChI is InChI=1S/C30H63N/c1-3-5-7-9-11-13-14-15-16-17-18-19-20-22-24-26-28-30(29-31)27-25-23-21-12-10-8-6-4-2/h30H,3-29,31H2,1-2H3. The lowest BCUT2D eigenvalue weighted by Crippen LogP contribution is -2.14. The molecule has 1 unspecified atom stereocenters. The van der Waals surface area contributed by atoms with Gasteiger partial charge in [-0.1, -0.05) is 168 Å². The summed E-state index contributed by atoms with van der Waals surface area (Å²) in [5, 5.41) is 0. The van der Waals surface area contributed by atoms with Gasteiger partial charge < -0.3 is 5.73 Å². The van der Waals surface area contributed by atoms with E-state index in [0.29, 0.717) is 0 Å². The maximum absolute atomic E-state index is 6.03. The first-order valence-corrected chi connectivity index (χ1v) is 15.0. The number of unbranched alkanes of at least 4 members (excludes halogenated alkanes) is 22. The summed E-state index contributed by atoms with van der Waals surface area (Å²) in [6, 6.07) is 0. The highest BCUT2D eigenvalue weighted by molar-refractivity contribution is 4.61. The van der Waals surface area contributed by atoms with Crippen LogP contribution in [0.5, 0.6) is 0 Å². The van der Waals surface area contributed by atoms with Crippen LogP contribution in [0.25, 0.3) is 0 Å². The minimum atomic E-state index is 0.798. The van der Waals surface area contributed by atoms with Crippen LogP contribution in [0, 0.1) is 5.92 Å². The highest BCUT2D eigenvalue weighted by Gasteiger charge is 2.06. The molecule has 0 aliphatic heterocycles. The van der Waals surface area contributed by atoms with E-state index in [2.05, 4.69) is 13.8 Å². The van der Waals surface area contributed by atoms with Crippen LogP contribution in [0.1, 0.15) is 181 Å². The molecule has 0 saturated carbocycles. The molecule has 0 amide bonds. The molecular formula is C30H63N. The molecule has 0 aliphatic rings. The van der Waals surface area contributed by atoms with Crippen LogP contribution in [0.2, 0.25) is 0 Å². The van der Waals surface area contributed by atoms with E-state index in [1.807, 2.05) is 0 Å². The first-order valence-electron chi connectivity index (χ1n) is 15.0. The van der Waals surface area contributed by atoms with Gasteiger partial charge in [-0.15, -0.1) is 0 Å². The Morgan fingerprint density at radius 3 is 0.806 bits per heavy atom. The van der Waals surface area contributed by atoms with Crippen molar-refractivity contribution in [2.75, 3.05) is 6.54 Å². The zero-order valence-electron chi connectivity index (χ0n) is 22.2. The van der Waals surface area contributed by atoms with Crippen LogP contribution >= 0.6 is 0 Å². The summed E-state index contributed by atoms with van der Waals surface area (Å²) in [6.45, 7) is 5.51. The molecule has 1 nitrogen and oxygen atoms in total. The molecule has 0 saturated heterocycles. The number of hydrogen-bond acceptors (Lipinski definition) is 1. The van der Waals surface area contributed by atoms with Crippen molar-refractivity contribution < 1.29 is 0 Å². The van der Waals surface area contributed by atoms with Crippen LogP contribution < -0.4 is 5.73 Å². The molecule has 0 spiro atoms. The van der Waals surface area contributed by atoms with Gasteiger partial charge in [-0.25, -0.2) is 0 Å². The van der Waals surface area contributed by atoms with Crippen molar-refractivity contribution in [1.82, 2.24) is 0 Å². The number of rotatable bonds is 27. The molecule has 2 N–H and O–H groups in total. The van der Waals surface area contributed by atoms with Crippen LogP contribution in [0.4, 0.5) is 0 Å². The Balaban J connectivity index is 3.23. The second-order valence-corrected chi connectivity index (χ2v) is 10.5. The van der Waals surface area contributed by atoms with Gasteiger partial charge in [0.05, 0.1) is 0 Å². The maximum atomic E-state index is 6.03. The fraction of sp³-hybridized carbons (Fsp3) is 1.00. The van der Waals surface area contributed by atoms with Gasteiger partial charge in [0.15, 0.2) is 0 Å². The molecule has 0 bridgehead atoms. The van der Waals surface area contributed by atoms with Crippen LogP contribution in [-0.4, -0.2) is 6.54 Å². The van der Waals surface area contributed by atoms with Crippen molar-refractivity contribution in [3.05, 3.63) is 0 Å². The van der Waals surface area contributed by atoms with Crippen molar-refractivity contribution in [2.24, 2.45) is 11.7 Å². The average molecular weight is 438 g/mol. The van der Waals surface area contributed by atoms with Crippen molar-refractivity contribution in [3.8, 4) is 0 Å². The predicted octanol–water partition coefficient (Wildman–Crippen LogP) is 10.7. The second kappa shape index (κ2) is 28.0. The summed E-state index contributed by atoms with van der Waals surface area (Å²) in [4.78, 5) is 0. The molecule has 0 aromatic carbocycles. The molecule has 0 fully saturated rings. The first-order chi connectivity index (χ1) is 15.3. The molecule has 0 radical (unpaired) electrons. The molecular weight excluding hydrogens is 374 g/mol. The summed E-state index contributed by atoms with van der Waals surface area (Å²) >= 11 is 0. The Morgan fingerprint density at radius 2 is 0.581 bits per heavy atom. The SMILES string of the molecule is CCCCCCCCCCCCCCCCCCC(CN)CCCCCCCCCC. The minimum Gasteiger partial charge on any atom is -0.330 e. The Bertz CT molecular complexity index is 301. The predicted molar refractivity (Wildman–Crippen MR) is 144 cm³/mol. The van der Waals surface area contributed by atoms with Gasteiger partial charge in [0.25, 0.3) is 0 Å². The highest BCUT2D eigenvalue weighted by Crippen LogP contribution is 2.19. The maximum Gasteiger partial charge on any atom is -0.00489 e. The lowest BCUT2D eigenvalue weighted by Gasteiger charge is -2.14. The number of hydrogen-bond donors (Lipinski definition) is 1. The summed E-state index contributed by atoms with van der Waals surface area (Å²) in [7, 11) is 0. The molecule has 0 aromatic heterocycles. The molecule has 1 heteroatoms. The third kappa shape index (κ3) is 26.1. The average Bonchev–Trinajstić information content (AvgIpc) is 2.79. The van der Waals surface area contributed by atoms with Crippen molar-refractivity contribution in [1.29, 1.82) is 0 Å². The van der Waals surface area contributed by atoms with Crippen LogP contribution in [0.3, 0.4) is 0 Å². The van der Waals surface area contributed by atoms with Gasteiger partial charge in [-0.2, -0.15) is 0 Å². The second-order valence-electron chi connectivity index (χ2n) is 10.5. The normalized spacial score (nSPS) is 12.5. The first kappa shape index (κ1) is 31.0. The lowest BCUT2D eigenvalue weighted by molar-refractivity contribution is 0.409. The summed E-state index contributed by atoms with van der Waals surface area (Å²) < 4.78 is 0. The molecule has 0 heterocycles. The van der Waals surface area contributed by atoms with Crippen molar-refractivity contribution in [3.63, 3.8) is 0 Å². The van der Waals surface area contributed by atoms with E-state index < -0.39 is 0 Å². The van der Waals surface area contributed by atoms with E-state index in [9.17, 15) is 0 Å². The monoisotopic (exact) mass is 437 g/mol. The van der Waals surface area contributed by atoms with Crippen molar-refractivity contribution >= 4 is 0 Å². The van der Waals surface area contributed by atoms with Crippen LogP contribution in [0.15, 0.2) is 0 Å². The van der Waals surface area contributed by atoms with E-state index in [0.717, 1.165) is 12.5 Å². The van der Waals surface area contributed by atoms with Gasteiger partial charge >= 0.3 is 0 Å². The molecule has 1 atom stereocenters. The highest BCUT2D eigenvalue weighted by atomic mass is 14.5. The topological polar surface area (TPSA) is 26.0 Å². The quantitative estimate of drug-likeness (QED) is 0.127. The minimum absolute atomic E-state index is 0.798. The van der Waals surface area contributed by atoms with Gasteiger partial charge in [0.2, 0.25) is 0 Å². The third-order valence-electron chi connectivity index (χ3n) is 7.27. The Hall–Kier alpha value is -0.0400. The zero-order valence-corrected chi connectivity index (χ0v) is 22.2. The molecule has 0 aromatic rings. The summed E-state index contributed by atoms with van der Waals surface area (Å²) in [5.74, 6) is 0.798. The molecule has 0 rings (SSSR count). The Kier molecular flexibility index (Phi) is 28.0. The molecule has 0 aliphatic carbocycles. The van der Waals surface area contributed by atoms with E-state index >= 15 is 0 Å². The van der Waals surface area contributed by atoms with Gasteiger partial charge in [0, 0.05) is 0 Å². The van der Waals surface area contributed by atoms with Gasteiger partial charge in [-0.05, 0) is 25.3 Å². The molecule has 31 heavy (non-hydrogen) atoms. The van der Waals surface area contributed by atoms with Gasteiger partial charge in [-0.3, -0.25) is 0 Å². The fourth-order valence-electron chi connectivity index (χ4n) is 4.93. The van der Waals surface area contributed by atoms with E-state index in [-0.39, 0.29) is 0 Å². The van der Waals surface area contributed by atoms with Crippen molar-refractivity contribution in [2.45, 2.75) is 181 Å². The fourth-order valence-corrected chi connectivity index (χ4v) is 4.93. The molecule has 188 valence electrons. The van der Waals surface area contributed by atoms with Crippen LogP contribution in [-0.2, 0) is 0 Å². The summed E-state index contributed by atoms with van der Waals surface area (Å²) in [5.41, 5.74) is 6.03. The number of nitrogens with two attached hydrogens (primary N) is 1. The largest absolute Gasteiger partial charge is 0.330 e. The Labute approximate surface area is 199 Å². The van der Waals surface area contributed by atoms with E-state index in [4.69, 9.17) is 5.73 Å². The van der Waals surface area contributed by atoms with Gasteiger partial charge in [0.1, 0.15) is 0 Å². The van der Waals surface area contributed by atoms with E-state index in [1.54, 1.807) is 0 Å². The lowest BCUT2D eigenvalue weighted by atomic mass is 9.94. The summed E-state index contributed by atoms with van der Waals surface area (Å²) in [6.07, 6.45) is 37.5. The smallest absolute Gasteiger partial charge is 0.00489 e. The zero-order chi connectivity index (χ0) is 22.7. The Morgan fingerprint density at radius 1 is 0.355 bits per heavy atom. The third-order valence-corrected chi connectivity index (χ3v) is 7.27.